The van der Waals surface area contributed by atoms with Gasteiger partial charge in [0.05, 0.1) is 31.1 Å². The van der Waals surface area contributed by atoms with E-state index in [2.05, 4.69) is 15.0 Å². The molecule has 10 nitrogen and oxygen atoms in total. The van der Waals surface area contributed by atoms with E-state index >= 15 is 0 Å². The molecule has 0 radical (unpaired) electrons. The van der Waals surface area contributed by atoms with Gasteiger partial charge >= 0.3 is 5.65 Å². The minimum atomic E-state index is -2.81. The molecule has 1 aliphatic carbocycles. The van der Waals surface area contributed by atoms with Gasteiger partial charge < -0.3 is 20.5 Å². The molecule has 3 aromatic rings. The van der Waals surface area contributed by atoms with Crippen LogP contribution in [-0.2, 0) is 4.74 Å². The molecule has 0 spiro atoms. The Labute approximate surface area is 200 Å². The van der Waals surface area contributed by atoms with Gasteiger partial charge in [0.2, 0.25) is 5.82 Å². The van der Waals surface area contributed by atoms with E-state index in [0.717, 1.165) is 25.7 Å². The van der Waals surface area contributed by atoms with E-state index in [1.54, 1.807) is 27.7 Å². The number of alkyl halides is 2. The molecule has 2 aliphatic rings. The quantitative estimate of drug-likeness (QED) is 0.509. The fourth-order valence-electron chi connectivity index (χ4n) is 5.07. The first kappa shape index (κ1) is 23.6. The zero-order valence-electron chi connectivity index (χ0n) is 19.6. The van der Waals surface area contributed by atoms with Crippen molar-refractivity contribution in [3.05, 3.63) is 35.9 Å². The smallest absolute Gasteiger partial charge is 0.363 e. The lowest BCUT2D eigenvalue weighted by atomic mass is 9.87. The molecule has 5 rings (SSSR count). The normalized spacial score (nSPS) is 23.3. The van der Waals surface area contributed by atoms with Crippen molar-refractivity contribution in [2.45, 2.75) is 51.2 Å². The minimum absolute atomic E-state index is 0.0282. The molecule has 0 unspecified atom stereocenters. The third-order valence-electron chi connectivity index (χ3n) is 7.00. The van der Waals surface area contributed by atoms with Crippen molar-refractivity contribution < 1.29 is 27.9 Å². The van der Waals surface area contributed by atoms with Crippen LogP contribution in [0.1, 0.15) is 61.1 Å². The van der Waals surface area contributed by atoms with E-state index in [9.17, 15) is 18.7 Å². The molecule has 2 fully saturated rings. The Morgan fingerprint density at radius 2 is 2.09 bits per heavy atom. The van der Waals surface area contributed by atoms with Gasteiger partial charge in [0.1, 0.15) is 11.9 Å². The van der Waals surface area contributed by atoms with E-state index in [1.165, 1.54) is 10.9 Å². The second kappa shape index (κ2) is 9.50. The molecule has 1 atom stereocenters. The van der Waals surface area contributed by atoms with E-state index in [0.29, 0.717) is 25.5 Å². The molecule has 0 bridgehead atoms. The van der Waals surface area contributed by atoms with Crippen LogP contribution in [0.4, 0.5) is 14.6 Å². The molecule has 1 aliphatic heterocycles. The highest BCUT2D eigenvalue weighted by Crippen LogP contribution is 2.34. The monoisotopic (exact) mass is 490 g/mol. The number of amides is 1. The third kappa shape index (κ3) is 4.47. The van der Waals surface area contributed by atoms with Crippen LogP contribution in [0.5, 0.6) is 0 Å². The molecule has 12 heteroatoms. The molecule has 3 aromatic heterocycles. The maximum Gasteiger partial charge on any atom is 0.363 e. The Balaban J connectivity index is 1.56. The lowest BCUT2D eigenvalue weighted by Crippen LogP contribution is -2.42. The second-order valence-electron chi connectivity index (χ2n) is 9.37. The van der Waals surface area contributed by atoms with Gasteiger partial charge in [0, 0.05) is 25.8 Å². The first-order chi connectivity index (χ1) is 16.9. The number of nitrogens with zero attached hydrogens (tertiary/aromatic N) is 6. The van der Waals surface area contributed by atoms with Crippen LogP contribution in [-0.4, -0.2) is 62.9 Å². The maximum absolute atomic E-state index is 14.1. The fourth-order valence-corrected chi connectivity index (χ4v) is 5.07. The lowest BCUT2D eigenvalue weighted by Gasteiger charge is -2.29. The number of morpholine rings is 1. The Bertz CT molecular complexity index is 1220. The Morgan fingerprint density at radius 1 is 1.31 bits per heavy atom. The molecule has 1 amide bonds. The van der Waals surface area contributed by atoms with Gasteiger partial charge in [-0.1, -0.05) is 0 Å². The van der Waals surface area contributed by atoms with Gasteiger partial charge in [0.15, 0.2) is 11.3 Å². The van der Waals surface area contributed by atoms with E-state index in [-0.39, 0.29) is 47.3 Å². The van der Waals surface area contributed by atoms with Crippen LogP contribution in [0.15, 0.2) is 24.7 Å². The van der Waals surface area contributed by atoms with Crippen LogP contribution in [0.25, 0.3) is 11.3 Å². The molecule has 3 N–H and O–H groups in total. The number of aromatic nitrogens is 5. The van der Waals surface area contributed by atoms with E-state index in [1.807, 2.05) is 6.92 Å². The summed E-state index contributed by atoms with van der Waals surface area (Å²) in [6.07, 6.45) is 5.11. The summed E-state index contributed by atoms with van der Waals surface area (Å²) in [6.45, 7) is 3.98. The van der Waals surface area contributed by atoms with Crippen LogP contribution in [0, 0.1) is 5.92 Å². The highest BCUT2D eigenvalue weighted by Gasteiger charge is 2.31. The zero-order valence-corrected chi connectivity index (χ0v) is 19.6. The van der Waals surface area contributed by atoms with E-state index in [4.69, 9.17) is 10.5 Å². The first-order valence-corrected chi connectivity index (χ1v) is 11.9. The highest BCUT2D eigenvalue weighted by molar-refractivity contribution is 5.97. The number of fused-ring (bicyclic) bond motifs is 1. The fraction of sp³-hybridized carbons (Fsp3) is 0.565. The van der Waals surface area contributed by atoms with Gasteiger partial charge in [0.25, 0.3) is 12.3 Å². The Kier molecular flexibility index (Phi) is 6.41. The molecule has 1 saturated carbocycles. The molecular weight excluding hydrogens is 460 g/mol. The molecular formula is C23H30F2N7O3+. The van der Waals surface area contributed by atoms with Gasteiger partial charge in [-0.3, -0.25) is 9.48 Å². The van der Waals surface area contributed by atoms with Gasteiger partial charge in [-0.15, -0.1) is 4.52 Å². The number of hydrogen-bond acceptors (Lipinski definition) is 6. The first-order valence-electron chi connectivity index (χ1n) is 11.9. The predicted molar refractivity (Wildman–Crippen MR) is 122 cm³/mol. The summed E-state index contributed by atoms with van der Waals surface area (Å²) in [4.78, 5) is 19.0. The molecule has 4 heterocycles. The number of aliphatic hydroxyl groups is 1. The van der Waals surface area contributed by atoms with Gasteiger partial charge in [-0.25, -0.2) is 8.78 Å². The molecule has 35 heavy (non-hydrogen) atoms. The number of rotatable bonds is 6. The predicted octanol–water partition coefficient (Wildman–Crippen LogP) is 1.79. The summed E-state index contributed by atoms with van der Waals surface area (Å²) in [5.74, 6) is 0.202. The largest absolute Gasteiger partial charge is 0.396 e. The van der Waals surface area contributed by atoms with Crippen molar-refractivity contribution in [2.24, 2.45) is 11.7 Å². The molecule has 0 aromatic carbocycles. The van der Waals surface area contributed by atoms with Crippen LogP contribution in [0.2, 0.25) is 0 Å². The highest BCUT2D eigenvalue weighted by atomic mass is 19.3. The lowest BCUT2D eigenvalue weighted by molar-refractivity contribution is -0.600. The van der Waals surface area contributed by atoms with Crippen molar-refractivity contribution in [3.63, 3.8) is 0 Å². The molecule has 188 valence electrons. The number of ether oxygens (including phenoxy) is 1. The Hall–Kier alpha value is -3.12. The van der Waals surface area contributed by atoms with Crippen LogP contribution >= 0.6 is 0 Å². The second-order valence-corrected chi connectivity index (χ2v) is 9.37. The summed E-state index contributed by atoms with van der Waals surface area (Å²) in [7, 11) is 0. The SMILES string of the molecule is C[C@H]1CN(c2cc[n+]3c(n2)c(C(N)=O)cn3-c2cn(C3CCC(CO)CC3)nc2C(F)F)CCO1. The third-order valence-corrected chi connectivity index (χ3v) is 7.00. The number of hydrogen-bond donors (Lipinski definition) is 2. The van der Waals surface area contributed by atoms with Crippen LogP contribution < -0.4 is 15.1 Å². The average Bonchev–Trinajstić information content (AvgIpc) is 3.46. The maximum atomic E-state index is 14.1. The number of aliphatic hydroxyl groups excluding tert-OH is 1. The van der Waals surface area contributed by atoms with Crippen LogP contribution in [0.3, 0.4) is 0 Å². The number of halogens is 2. The van der Waals surface area contributed by atoms with E-state index < -0.39 is 12.3 Å². The summed E-state index contributed by atoms with van der Waals surface area (Å²) in [5, 5.41) is 13.6. The number of anilines is 1. The number of primary amides is 1. The van der Waals surface area contributed by atoms with Crippen molar-refractivity contribution in [2.75, 3.05) is 31.2 Å². The average molecular weight is 491 g/mol. The van der Waals surface area contributed by atoms with Crippen molar-refractivity contribution in [1.29, 1.82) is 0 Å². The summed E-state index contributed by atoms with van der Waals surface area (Å²) in [6, 6.07) is 1.76. The summed E-state index contributed by atoms with van der Waals surface area (Å²) in [5.41, 5.74) is 5.85. The summed E-state index contributed by atoms with van der Waals surface area (Å²) < 4.78 is 38.3. The molecule has 1 saturated heterocycles. The summed E-state index contributed by atoms with van der Waals surface area (Å²) >= 11 is 0. The number of nitrogens with two attached hydrogens (primary N) is 1. The number of carbonyl (C=O) groups excluding carboxylic acids is 1. The zero-order chi connectivity index (χ0) is 24.7. The van der Waals surface area contributed by atoms with Crippen molar-refractivity contribution in [1.82, 2.24) is 19.4 Å². The Morgan fingerprint density at radius 3 is 2.74 bits per heavy atom. The van der Waals surface area contributed by atoms with Gasteiger partial charge in [-0.05, 0) is 43.5 Å². The number of carbonyl (C=O) groups is 1. The van der Waals surface area contributed by atoms with Crippen molar-refractivity contribution >= 4 is 17.4 Å². The van der Waals surface area contributed by atoms with Gasteiger partial charge in [-0.2, -0.15) is 9.78 Å². The standard InChI is InChI=1S/C23H29F2N7O3/c1-14-10-29(8-9-35-14)19-6-7-31-23(27-19)17(22(26)34)11-32(31)18-12-30(28-20(18)21(24)25)16-4-2-15(13-33)3-5-16/h6-7,11-12,14-16,21,33H,2-5,8-10,13H2,1H3,(H-,26,34)/p+1/t14-,15?,16?/m0/s1. The van der Waals surface area contributed by atoms with Crippen molar-refractivity contribution in [3.8, 4) is 5.69 Å². The topological polar surface area (TPSA) is 116 Å². The minimum Gasteiger partial charge on any atom is -0.396 e.